The van der Waals surface area contributed by atoms with Crippen LogP contribution in [0.15, 0.2) is 0 Å². The van der Waals surface area contributed by atoms with Crippen LogP contribution in [-0.4, -0.2) is 76.4 Å². The molecule has 7 nitrogen and oxygen atoms in total. The summed E-state index contributed by atoms with van der Waals surface area (Å²) < 4.78 is 0. The molecule has 2 rings (SSSR count). The van der Waals surface area contributed by atoms with Gasteiger partial charge in [0, 0.05) is 25.6 Å². The van der Waals surface area contributed by atoms with Crippen LogP contribution < -0.4 is 5.32 Å². The van der Waals surface area contributed by atoms with E-state index in [1.165, 1.54) is 4.90 Å². The van der Waals surface area contributed by atoms with E-state index >= 15 is 0 Å². The Labute approximate surface area is 118 Å². The predicted molar refractivity (Wildman–Crippen MR) is 72.4 cm³/mol. The fourth-order valence-electron chi connectivity index (χ4n) is 3.09. The van der Waals surface area contributed by atoms with E-state index in [1.54, 1.807) is 4.90 Å². The van der Waals surface area contributed by atoms with Crippen molar-refractivity contribution >= 4 is 12.0 Å². The number of rotatable bonds is 3. The molecule has 20 heavy (non-hydrogen) atoms. The number of carbonyl (C=O) groups excluding carboxylic acids is 1. The molecule has 0 aliphatic carbocycles. The molecule has 2 aliphatic heterocycles. The molecule has 0 saturated carbocycles. The Bertz CT molecular complexity index is 371. The first-order valence-corrected chi connectivity index (χ1v) is 7.23. The standard InChI is InChI=1S/C13H23N3O4/c1-2-15(9-3-5-14-6-4-9)13(20)16-8-10(17)7-11(16)12(18)19/h9-11,14,17H,2-8H2,1H3,(H,18,19)/t10-,11-/m0/s1. The van der Waals surface area contributed by atoms with Gasteiger partial charge in [0.05, 0.1) is 6.10 Å². The number of nitrogens with one attached hydrogen (secondary N) is 1. The van der Waals surface area contributed by atoms with Crippen LogP contribution in [0.3, 0.4) is 0 Å². The Morgan fingerprint density at radius 1 is 1.35 bits per heavy atom. The summed E-state index contributed by atoms with van der Waals surface area (Å²) in [5, 5.41) is 22.1. The average Bonchev–Trinajstić information content (AvgIpc) is 2.83. The summed E-state index contributed by atoms with van der Waals surface area (Å²) in [4.78, 5) is 26.9. The third-order valence-corrected chi connectivity index (χ3v) is 4.15. The first-order chi connectivity index (χ1) is 9.54. The van der Waals surface area contributed by atoms with E-state index in [4.69, 9.17) is 0 Å². The van der Waals surface area contributed by atoms with Gasteiger partial charge in [-0.25, -0.2) is 9.59 Å². The van der Waals surface area contributed by atoms with Crippen LogP contribution in [0.2, 0.25) is 0 Å². The van der Waals surface area contributed by atoms with Crippen molar-refractivity contribution in [2.24, 2.45) is 0 Å². The highest BCUT2D eigenvalue weighted by atomic mass is 16.4. The van der Waals surface area contributed by atoms with Crippen LogP contribution >= 0.6 is 0 Å². The van der Waals surface area contributed by atoms with Crippen LogP contribution in [0, 0.1) is 0 Å². The number of aliphatic hydroxyl groups is 1. The number of urea groups is 1. The van der Waals surface area contributed by atoms with Crippen LogP contribution in [0.5, 0.6) is 0 Å². The maximum atomic E-state index is 12.6. The number of nitrogens with zero attached hydrogens (tertiary/aromatic N) is 2. The average molecular weight is 285 g/mol. The second-order valence-corrected chi connectivity index (χ2v) is 5.45. The number of amides is 2. The van der Waals surface area contributed by atoms with E-state index < -0.39 is 18.1 Å². The Hall–Kier alpha value is -1.34. The Morgan fingerprint density at radius 3 is 2.55 bits per heavy atom. The maximum absolute atomic E-state index is 12.6. The number of aliphatic carboxylic acids is 1. The third kappa shape index (κ3) is 3.04. The largest absolute Gasteiger partial charge is 0.480 e. The van der Waals surface area contributed by atoms with Crippen molar-refractivity contribution in [3.05, 3.63) is 0 Å². The number of likely N-dealkylation sites (tertiary alicyclic amines) is 1. The van der Waals surface area contributed by atoms with E-state index in [0.717, 1.165) is 25.9 Å². The van der Waals surface area contributed by atoms with E-state index in [1.807, 2.05) is 6.92 Å². The number of aliphatic hydroxyl groups excluding tert-OH is 1. The van der Waals surface area contributed by atoms with Gasteiger partial charge < -0.3 is 25.3 Å². The molecule has 0 bridgehead atoms. The number of carbonyl (C=O) groups is 2. The molecule has 0 spiro atoms. The molecule has 2 atom stereocenters. The van der Waals surface area contributed by atoms with Crippen molar-refractivity contribution in [1.29, 1.82) is 0 Å². The first kappa shape index (κ1) is 15.1. The van der Waals surface area contributed by atoms with E-state index in [0.29, 0.717) is 6.54 Å². The number of β-amino-alcohol motifs (C(OH)–C–C–N with tert-alkyl or cyclic N) is 1. The molecule has 2 amide bonds. The summed E-state index contributed by atoms with van der Waals surface area (Å²) in [5.74, 6) is -1.05. The molecule has 2 saturated heterocycles. The zero-order valence-corrected chi connectivity index (χ0v) is 11.8. The molecular weight excluding hydrogens is 262 g/mol. The van der Waals surface area contributed by atoms with Crippen molar-refractivity contribution < 1.29 is 19.8 Å². The summed E-state index contributed by atoms with van der Waals surface area (Å²) in [6, 6.07) is -1.02. The molecule has 0 unspecified atom stereocenters. The van der Waals surface area contributed by atoms with Crippen molar-refractivity contribution in [3.8, 4) is 0 Å². The quantitative estimate of drug-likeness (QED) is 0.662. The minimum absolute atomic E-state index is 0.108. The summed E-state index contributed by atoms with van der Waals surface area (Å²) >= 11 is 0. The zero-order chi connectivity index (χ0) is 14.7. The van der Waals surface area contributed by atoms with Crippen molar-refractivity contribution in [3.63, 3.8) is 0 Å². The van der Waals surface area contributed by atoms with Gasteiger partial charge in [0.2, 0.25) is 0 Å². The SMILES string of the molecule is CCN(C(=O)N1C[C@@H](O)C[C@H]1C(=O)O)C1CCNCC1. The van der Waals surface area contributed by atoms with Gasteiger partial charge in [0.15, 0.2) is 0 Å². The topological polar surface area (TPSA) is 93.1 Å². The molecule has 0 aromatic rings. The lowest BCUT2D eigenvalue weighted by Gasteiger charge is -2.37. The van der Waals surface area contributed by atoms with Gasteiger partial charge in [-0.15, -0.1) is 0 Å². The van der Waals surface area contributed by atoms with Gasteiger partial charge in [-0.2, -0.15) is 0 Å². The molecule has 2 aliphatic rings. The fraction of sp³-hybridized carbons (Fsp3) is 0.846. The fourth-order valence-corrected chi connectivity index (χ4v) is 3.09. The minimum atomic E-state index is -1.05. The first-order valence-electron chi connectivity index (χ1n) is 7.23. The Balaban J connectivity index is 2.08. The van der Waals surface area contributed by atoms with Gasteiger partial charge in [0.25, 0.3) is 0 Å². The van der Waals surface area contributed by atoms with Crippen LogP contribution in [0.4, 0.5) is 4.79 Å². The molecule has 7 heteroatoms. The highest BCUT2D eigenvalue weighted by molar-refractivity contribution is 5.83. The molecule has 3 N–H and O–H groups in total. The van der Waals surface area contributed by atoms with Crippen LogP contribution in [-0.2, 0) is 4.79 Å². The molecule has 114 valence electrons. The van der Waals surface area contributed by atoms with Crippen LogP contribution in [0.25, 0.3) is 0 Å². The Kier molecular flexibility index (Phi) is 4.82. The number of hydrogen-bond acceptors (Lipinski definition) is 4. The van der Waals surface area contributed by atoms with Gasteiger partial charge in [-0.1, -0.05) is 0 Å². The molecule has 2 heterocycles. The van der Waals surface area contributed by atoms with Gasteiger partial charge >= 0.3 is 12.0 Å². The van der Waals surface area contributed by atoms with E-state index in [9.17, 15) is 19.8 Å². The Morgan fingerprint density at radius 2 is 2.00 bits per heavy atom. The normalized spacial score (nSPS) is 27.6. The van der Waals surface area contributed by atoms with Gasteiger partial charge in [-0.3, -0.25) is 0 Å². The third-order valence-electron chi connectivity index (χ3n) is 4.15. The maximum Gasteiger partial charge on any atom is 0.326 e. The van der Waals surface area contributed by atoms with Crippen LogP contribution in [0.1, 0.15) is 26.2 Å². The minimum Gasteiger partial charge on any atom is -0.480 e. The molecular formula is C13H23N3O4. The summed E-state index contributed by atoms with van der Waals surface area (Å²) in [6.45, 7) is 4.32. The lowest BCUT2D eigenvalue weighted by Crippen LogP contribution is -2.53. The number of carboxylic acid groups (broad SMARTS) is 1. The summed E-state index contributed by atoms with van der Waals surface area (Å²) in [5.41, 5.74) is 0. The summed E-state index contributed by atoms with van der Waals surface area (Å²) in [7, 11) is 0. The molecule has 0 aromatic carbocycles. The molecule has 2 fully saturated rings. The van der Waals surface area contributed by atoms with E-state index in [-0.39, 0.29) is 25.0 Å². The van der Waals surface area contributed by atoms with E-state index in [2.05, 4.69) is 5.32 Å². The second kappa shape index (κ2) is 6.41. The van der Waals surface area contributed by atoms with Crippen molar-refractivity contribution in [1.82, 2.24) is 15.1 Å². The summed E-state index contributed by atoms with van der Waals surface area (Å²) in [6.07, 6.45) is 1.14. The predicted octanol–water partition coefficient (Wildman–Crippen LogP) is -0.300. The lowest BCUT2D eigenvalue weighted by molar-refractivity contribution is -0.141. The smallest absolute Gasteiger partial charge is 0.326 e. The lowest BCUT2D eigenvalue weighted by atomic mass is 10.1. The number of hydrogen-bond donors (Lipinski definition) is 3. The monoisotopic (exact) mass is 285 g/mol. The molecule has 0 aromatic heterocycles. The van der Waals surface area contributed by atoms with Crippen molar-refractivity contribution in [2.75, 3.05) is 26.2 Å². The zero-order valence-electron chi connectivity index (χ0n) is 11.8. The highest BCUT2D eigenvalue weighted by Gasteiger charge is 2.41. The highest BCUT2D eigenvalue weighted by Crippen LogP contribution is 2.22. The van der Waals surface area contributed by atoms with Gasteiger partial charge in [-0.05, 0) is 32.9 Å². The van der Waals surface area contributed by atoms with Gasteiger partial charge in [0.1, 0.15) is 6.04 Å². The number of carboxylic acids is 1. The molecule has 0 radical (unpaired) electrons. The number of piperidine rings is 1. The van der Waals surface area contributed by atoms with Crippen molar-refractivity contribution in [2.45, 2.75) is 44.4 Å². The second-order valence-electron chi connectivity index (χ2n) is 5.45.